The van der Waals surface area contributed by atoms with Crippen LogP contribution in [0.5, 0.6) is 0 Å². The summed E-state index contributed by atoms with van der Waals surface area (Å²) in [5.74, 6) is 2.41. The molecule has 0 saturated heterocycles. The third kappa shape index (κ3) is 3.77. The van der Waals surface area contributed by atoms with Crippen LogP contribution in [-0.4, -0.2) is 17.9 Å². The minimum atomic E-state index is -0.157. The van der Waals surface area contributed by atoms with Crippen molar-refractivity contribution in [3.63, 3.8) is 0 Å². The molecule has 3 fully saturated rings. The summed E-state index contributed by atoms with van der Waals surface area (Å²) in [6.45, 7) is 6.49. The molecule has 0 heterocycles. The first-order valence-electron chi connectivity index (χ1n) is 16.3. The highest BCUT2D eigenvalue weighted by molar-refractivity contribution is 6.23. The van der Waals surface area contributed by atoms with Crippen LogP contribution < -0.4 is 0 Å². The first-order chi connectivity index (χ1) is 20.3. The predicted molar refractivity (Wildman–Crippen MR) is 170 cm³/mol. The molecule has 4 aliphatic carbocycles. The van der Waals surface area contributed by atoms with E-state index in [0.29, 0.717) is 30.0 Å². The van der Waals surface area contributed by atoms with E-state index in [1.807, 2.05) is 0 Å². The van der Waals surface area contributed by atoms with Crippen molar-refractivity contribution < 1.29 is 14.3 Å². The van der Waals surface area contributed by atoms with Crippen LogP contribution in [0, 0.1) is 34.5 Å². The molecular formula is C39H42O3. The Kier molecular flexibility index (Phi) is 5.91. The Morgan fingerprint density at radius 3 is 2.36 bits per heavy atom. The first-order valence-corrected chi connectivity index (χ1v) is 16.3. The highest BCUT2D eigenvalue weighted by Gasteiger charge is 2.59. The number of fused-ring (bicyclic) bond motifs is 5. The number of allylic oxidation sites excluding steroid dienone is 1. The minimum Gasteiger partial charge on any atom is -0.462 e. The molecule has 0 unspecified atom stereocenters. The molecule has 0 amide bonds. The van der Waals surface area contributed by atoms with Crippen molar-refractivity contribution in [2.75, 3.05) is 0 Å². The fourth-order valence-electron chi connectivity index (χ4n) is 10.8. The fourth-order valence-corrected chi connectivity index (χ4v) is 10.8. The number of carbonyl (C=O) groups excluding carboxylic acids is 2. The van der Waals surface area contributed by atoms with Crippen LogP contribution in [0.1, 0.15) is 77.7 Å². The van der Waals surface area contributed by atoms with E-state index >= 15 is 0 Å². The van der Waals surface area contributed by atoms with Crippen LogP contribution in [0.15, 0.2) is 66.2 Å². The summed E-state index contributed by atoms with van der Waals surface area (Å²) in [5, 5.41) is 7.69. The second-order valence-electron chi connectivity index (χ2n) is 14.6. The standard InChI is InChI=1S/C39H42O3/c1-23(40)42-29-17-19-38(2)28(22-29)12-14-31-32-15-16-34(39(32,3)20-18-33(31)38)35(41)21-27-10-9-26-8-7-24-5-4-6-25-11-13-30(27)37(26)36(24)25/h4-13,29,31-34H,14-22H2,1-3H3/t29-,31-,32-,33-,34+,38-,39-/m0/s1. The molecule has 3 heteroatoms. The van der Waals surface area contributed by atoms with E-state index in [4.69, 9.17) is 4.74 Å². The number of carbonyl (C=O) groups is 2. The minimum absolute atomic E-state index is 0.0421. The summed E-state index contributed by atoms with van der Waals surface area (Å²) in [6.07, 6.45) is 11.8. The normalized spacial score (nSPS) is 34.2. The first kappa shape index (κ1) is 26.4. The molecule has 0 aliphatic heterocycles. The van der Waals surface area contributed by atoms with Crippen molar-refractivity contribution in [1.82, 2.24) is 0 Å². The molecule has 7 atom stereocenters. The Bertz CT molecular complexity index is 1750. The van der Waals surface area contributed by atoms with Crippen molar-refractivity contribution in [3.05, 3.63) is 71.8 Å². The van der Waals surface area contributed by atoms with Gasteiger partial charge in [0.1, 0.15) is 11.9 Å². The van der Waals surface area contributed by atoms with Gasteiger partial charge in [0.05, 0.1) is 0 Å². The molecule has 4 aromatic rings. The molecule has 8 rings (SSSR count). The number of hydrogen-bond acceptors (Lipinski definition) is 3. The fraction of sp³-hybridized carbons (Fsp3) is 0.487. The van der Waals surface area contributed by atoms with Gasteiger partial charge in [0.2, 0.25) is 0 Å². The molecule has 0 N–H and O–H groups in total. The number of Topliss-reactive ketones (excluding diaryl/α,β-unsaturated/α-hetero) is 1. The van der Waals surface area contributed by atoms with Crippen LogP contribution in [-0.2, 0) is 20.7 Å². The van der Waals surface area contributed by atoms with Gasteiger partial charge in [0, 0.05) is 25.7 Å². The monoisotopic (exact) mass is 558 g/mol. The van der Waals surface area contributed by atoms with E-state index in [1.165, 1.54) is 63.2 Å². The molecular weight excluding hydrogens is 516 g/mol. The Labute approximate surface area is 249 Å². The van der Waals surface area contributed by atoms with Gasteiger partial charge in [0.15, 0.2) is 0 Å². The smallest absolute Gasteiger partial charge is 0.302 e. The molecule has 4 aromatic carbocycles. The highest BCUT2D eigenvalue weighted by atomic mass is 16.5. The molecule has 216 valence electrons. The van der Waals surface area contributed by atoms with Crippen molar-refractivity contribution in [2.24, 2.45) is 34.5 Å². The average molecular weight is 559 g/mol. The number of rotatable bonds is 4. The third-order valence-corrected chi connectivity index (χ3v) is 12.8. The van der Waals surface area contributed by atoms with Gasteiger partial charge in [-0.15, -0.1) is 0 Å². The third-order valence-electron chi connectivity index (χ3n) is 12.8. The molecule has 0 spiro atoms. The highest BCUT2D eigenvalue weighted by Crippen LogP contribution is 2.66. The van der Waals surface area contributed by atoms with E-state index in [-0.39, 0.29) is 28.8 Å². The van der Waals surface area contributed by atoms with Gasteiger partial charge >= 0.3 is 5.97 Å². The lowest BCUT2D eigenvalue weighted by Gasteiger charge is -2.58. The van der Waals surface area contributed by atoms with Crippen LogP contribution in [0.25, 0.3) is 32.3 Å². The molecule has 0 radical (unpaired) electrons. The van der Waals surface area contributed by atoms with Crippen molar-refractivity contribution in [3.8, 4) is 0 Å². The topological polar surface area (TPSA) is 43.4 Å². The molecule has 4 aliphatic rings. The summed E-state index contributed by atoms with van der Waals surface area (Å²) in [7, 11) is 0. The Hall–Kier alpha value is -3.20. The lowest BCUT2D eigenvalue weighted by Crippen LogP contribution is -2.51. The maximum Gasteiger partial charge on any atom is 0.302 e. The van der Waals surface area contributed by atoms with Crippen LogP contribution in [0.2, 0.25) is 0 Å². The SMILES string of the molecule is CC(=O)O[C@H]1CC[C@@]2(C)C(=CC[C@H]3[C@@H]4CC[C@H](C(=O)Cc5ccc6ccc7cccc8ccc5c6c78)[C@@]4(C)CC[C@@H]32)C1. The number of hydrogen-bond donors (Lipinski definition) is 0. The molecule has 3 saturated carbocycles. The number of ether oxygens (including phenoxy) is 1. The van der Waals surface area contributed by atoms with Crippen molar-refractivity contribution in [2.45, 2.75) is 84.7 Å². The summed E-state index contributed by atoms with van der Waals surface area (Å²) >= 11 is 0. The van der Waals surface area contributed by atoms with Crippen LogP contribution in [0.3, 0.4) is 0 Å². The van der Waals surface area contributed by atoms with Gasteiger partial charge in [-0.1, -0.05) is 80.1 Å². The number of ketones is 1. The Morgan fingerprint density at radius 2 is 1.57 bits per heavy atom. The predicted octanol–water partition coefficient (Wildman–Crippen LogP) is 9.21. The molecule has 3 nitrogen and oxygen atoms in total. The molecule has 42 heavy (non-hydrogen) atoms. The second kappa shape index (κ2) is 9.40. The summed E-state index contributed by atoms with van der Waals surface area (Å²) < 4.78 is 5.64. The van der Waals surface area contributed by atoms with Gasteiger partial charge in [0.25, 0.3) is 0 Å². The van der Waals surface area contributed by atoms with Crippen molar-refractivity contribution >= 4 is 44.1 Å². The maximum atomic E-state index is 14.3. The van der Waals surface area contributed by atoms with Gasteiger partial charge in [-0.25, -0.2) is 0 Å². The van der Waals surface area contributed by atoms with E-state index in [9.17, 15) is 9.59 Å². The number of benzene rings is 4. The van der Waals surface area contributed by atoms with Crippen LogP contribution >= 0.6 is 0 Å². The molecule has 0 aromatic heterocycles. The van der Waals surface area contributed by atoms with Gasteiger partial charge < -0.3 is 4.74 Å². The van der Waals surface area contributed by atoms with Gasteiger partial charge in [-0.2, -0.15) is 0 Å². The average Bonchev–Trinajstić information content (AvgIpc) is 3.34. The van der Waals surface area contributed by atoms with E-state index < -0.39 is 0 Å². The molecule has 0 bridgehead atoms. The van der Waals surface area contributed by atoms with Crippen LogP contribution in [0.4, 0.5) is 0 Å². The largest absolute Gasteiger partial charge is 0.462 e. The second-order valence-corrected chi connectivity index (χ2v) is 14.6. The summed E-state index contributed by atoms with van der Waals surface area (Å²) in [6, 6.07) is 19.9. The van der Waals surface area contributed by atoms with E-state index in [2.05, 4.69) is 74.5 Å². The Balaban J connectivity index is 1.06. The van der Waals surface area contributed by atoms with Crippen molar-refractivity contribution in [1.29, 1.82) is 0 Å². The zero-order valence-electron chi connectivity index (χ0n) is 25.2. The quantitative estimate of drug-likeness (QED) is 0.142. The van der Waals surface area contributed by atoms with Gasteiger partial charge in [-0.3, -0.25) is 9.59 Å². The maximum absolute atomic E-state index is 14.3. The van der Waals surface area contributed by atoms with E-state index in [0.717, 1.165) is 38.5 Å². The summed E-state index contributed by atoms with van der Waals surface area (Å²) in [5.41, 5.74) is 3.03. The Morgan fingerprint density at radius 1 is 0.833 bits per heavy atom. The zero-order chi connectivity index (χ0) is 28.8. The van der Waals surface area contributed by atoms with E-state index in [1.54, 1.807) is 0 Å². The van der Waals surface area contributed by atoms with Gasteiger partial charge in [-0.05, 0) is 111 Å². The lowest BCUT2D eigenvalue weighted by atomic mass is 9.47. The number of esters is 1. The lowest BCUT2D eigenvalue weighted by molar-refractivity contribution is -0.149. The summed E-state index contributed by atoms with van der Waals surface area (Å²) in [4.78, 5) is 25.9. The zero-order valence-corrected chi connectivity index (χ0v) is 25.2.